The Kier molecular flexibility index (Phi) is 9.51. The van der Waals surface area contributed by atoms with Crippen molar-refractivity contribution in [2.45, 2.75) is 25.0 Å². The van der Waals surface area contributed by atoms with Crippen LogP contribution in [0.2, 0.25) is 0 Å². The SMILES string of the molecule is CCCC(S)[c-]1cccc1.[Fe].[cH-]1[cH-][cH-][cH-][cH-]1. The summed E-state index contributed by atoms with van der Waals surface area (Å²) in [4.78, 5) is 0. The van der Waals surface area contributed by atoms with E-state index in [1.54, 1.807) is 0 Å². The van der Waals surface area contributed by atoms with Crippen molar-refractivity contribution in [1.82, 2.24) is 0 Å². The molecule has 1 atom stereocenters. The van der Waals surface area contributed by atoms with E-state index in [2.05, 4.69) is 43.8 Å². The largest absolute Gasteiger partial charge is 0.748 e. The van der Waals surface area contributed by atoms with Crippen LogP contribution in [0.4, 0.5) is 0 Å². The summed E-state index contributed by atoms with van der Waals surface area (Å²) in [5, 5.41) is 0.444. The number of hydrogen-bond acceptors (Lipinski definition) is 1. The van der Waals surface area contributed by atoms with Crippen LogP contribution in [0.1, 0.15) is 30.6 Å². The first-order valence-corrected chi connectivity index (χ1v) is 5.92. The van der Waals surface area contributed by atoms with E-state index in [1.165, 1.54) is 18.4 Å². The summed E-state index contributed by atoms with van der Waals surface area (Å²) < 4.78 is 0. The normalized spacial score (nSPS) is 10.9. The molecule has 1 unspecified atom stereocenters. The van der Waals surface area contributed by atoms with Crippen LogP contribution >= 0.6 is 12.6 Å². The van der Waals surface area contributed by atoms with Crippen LogP contribution in [0, 0.1) is 0 Å². The van der Waals surface area contributed by atoms with Crippen molar-refractivity contribution in [2.75, 3.05) is 0 Å². The van der Waals surface area contributed by atoms with E-state index in [4.69, 9.17) is 0 Å². The van der Waals surface area contributed by atoms with Gasteiger partial charge in [0.05, 0.1) is 0 Å². The van der Waals surface area contributed by atoms with Crippen LogP contribution in [0.3, 0.4) is 0 Å². The third-order valence-electron chi connectivity index (χ3n) is 2.19. The molecule has 2 rings (SSSR count). The molecule has 0 N–H and O–H groups in total. The third-order valence-corrected chi connectivity index (χ3v) is 2.75. The van der Waals surface area contributed by atoms with Crippen LogP contribution in [-0.2, 0) is 17.1 Å². The number of hydrogen-bond donors (Lipinski definition) is 1. The summed E-state index contributed by atoms with van der Waals surface area (Å²) in [5.74, 6) is 0. The fourth-order valence-corrected chi connectivity index (χ4v) is 1.80. The Hall–Kier alpha value is -0.431. The van der Waals surface area contributed by atoms with Gasteiger partial charge >= 0.3 is 0 Å². The van der Waals surface area contributed by atoms with Crippen molar-refractivity contribution in [1.29, 1.82) is 0 Å². The fraction of sp³-hybridized carbons (Fsp3) is 0.286. The molecule has 2 aromatic rings. The summed E-state index contributed by atoms with van der Waals surface area (Å²) >= 11 is 4.47. The minimum absolute atomic E-state index is 0. The minimum Gasteiger partial charge on any atom is -0.748 e. The van der Waals surface area contributed by atoms with E-state index in [9.17, 15) is 0 Å². The Morgan fingerprint density at radius 2 is 1.50 bits per heavy atom. The second kappa shape index (κ2) is 9.77. The summed E-state index contributed by atoms with van der Waals surface area (Å²) in [7, 11) is 0. The molecule has 0 radical (unpaired) electrons. The van der Waals surface area contributed by atoms with E-state index >= 15 is 0 Å². The van der Waals surface area contributed by atoms with Gasteiger partial charge in [0.2, 0.25) is 0 Å². The van der Waals surface area contributed by atoms with Gasteiger partial charge in [0.1, 0.15) is 0 Å². The van der Waals surface area contributed by atoms with E-state index in [0.29, 0.717) is 5.25 Å². The van der Waals surface area contributed by atoms with Crippen molar-refractivity contribution in [3.63, 3.8) is 0 Å². The molecule has 0 saturated heterocycles. The van der Waals surface area contributed by atoms with Crippen molar-refractivity contribution in [3.8, 4) is 0 Å². The fourth-order valence-electron chi connectivity index (χ4n) is 1.37. The van der Waals surface area contributed by atoms with Crippen LogP contribution in [-0.4, -0.2) is 0 Å². The monoisotopic (exact) mass is 274 g/mol. The smallest absolute Gasteiger partial charge is 0 e. The van der Waals surface area contributed by atoms with Crippen molar-refractivity contribution in [3.05, 3.63) is 60.2 Å². The van der Waals surface area contributed by atoms with Gasteiger partial charge in [-0.25, -0.2) is 12.1 Å². The van der Waals surface area contributed by atoms with Gasteiger partial charge < -0.3 is 30.3 Å². The molecule has 0 nitrogen and oxygen atoms in total. The minimum atomic E-state index is 0. The summed E-state index contributed by atoms with van der Waals surface area (Å²) in [5.41, 5.74) is 1.35. The summed E-state index contributed by atoms with van der Waals surface area (Å²) in [6.07, 6.45) is 2.38. The summed E-state index contributed by atoms with van der Waals surface area (Å²) in [6.45, 7) is 2.19. The molecule has 0 aliphatic rings. The second-order valence-corrected chi connectivity index (χ2v) is 4.11. The number of thiol groups is 1. The van der Waals surface area contributed by atoms with Crippen LogP contribution in [0.25, 0.3) is 0 Å². The molecule has 0 amide bonds. The van der Waals surface area contributed by atoms with E-state index in [0.717, 1.165) is 0 Å². The molecule has 94 valence electrons. The van der Waals surface area contributed by atoms with Crippen molar-refractivity contribution < 1.29 is 17.1 Å². The van der Waals surface area contributed by atoms with Gasteiger partial charge in [0.15, 0.2) is 0 Å². The molecule has 0 aromatic heterocycles. The molecule has 0 fully saturated rings. The van der Waals surface area contributed by atoms with Crippen LogP contribution < -0.4 is 0 Å². The Morgan fingerprint density at radius 3 is 1.88 bits per heavy atom. The molecule has 16 heavy (non-hydrogen) atoms. The Labute approximate surface area is 115 Å². The maximum absolute atomic E-state index is 4.47. The van der Waals surface area contributed by atoms with Crippen LogP contribution in [0.15, 0.2) is 54.6 Å². The first-order valence-electron chi connectivity index (χ1n) is 5.41. The second-order valence-electron chi connectivity index (χ2n) is 3.48. The van der Waals surface area contributed by atoms with Gasteiger partial charge in [-0.3, -0.25) is 0 Å². The molecule has 0 aliphatic carbocycles. The zero-order valence-corrected chi connectivity index (χ0v) is 11.5. The molecule has 0 saturated carbocycles. The first-order chi connectivity index (χ1) is 7.34. The molecular weight excluding hydrogens is 256 g/mol. The zero-order valence-electron chi connectivity index (χ0n) is 9.49. The predicted octanol–water partition coefficient (Wildman–Crippen LogP) is 4.58. The van der Waals surface area contributed by atoms with Crippen molar-refractivity contribution in [2.24, 2.45) is 0 Å². The average Bonchev–Trinajstić information content (AvgIpc) is 2.95. The first kappa shape index (κ1) is 15.6. The van der Waals surface area contributed by atoms with E-state index in [1.807, 2.05) is 30.3 Å². The van der Waals surface area contributed by atoms with Crippen molar-refractivity contribution >= 4 is 12.6 Å². The molecule has 0 aliphatic heterocycles. The zero-order chi connectivity index (χ0) is 10.9. The predicted molar refractivity (Wildman–Crippen MR) is 70.7 cm³/mol. The van der Waals surface area contributed by atoms with Crippen LogP contribution in [0.5, 0.6) is 0 Å². The quantitative estimate of drug-likeness (QED) is 0.473. The van der Waals surface area contributed by atoms with E-state index in [-0.39, 0.29) is 17.1 Å². The Morgan fingerprint density at radius 1 is 1.06 bits per heavy atom. The standard InChI is InChI=1S/C9H13S.C5H5.Fe/c1-2-5-9(10)8-6-3-4-7-8;1-2-4-5-3-1;/h3-4,6-7,9-10H,2,5H2,1H3;1-5H;/q-1;-5;. The molecule has 2 heteroatoms. The molecule has 0 heterocycles. The maximum Gasteiger partial charge on any atom is 0 e. The molecule has 2 aromatic carbocycles. The van der Waals surface area contributed by atoms with Gasteiger partial charge in [-0.15, -0.1) is 5.56 Å². The molecule has 0 bridgehead atoms. The Balaban J connectivity index is 0.000000318. The van der Waals surface area contributed by atoms with Gasteiger partial charge in [-0.05, 0) is 11.7 Å². The molecule has 0 spiro atoms. The summed E-state index contributed by atoms with van der Waals surface area (Å²) in [6, 6.07) is 18.4. The number of rotatable bonds is 3. The molecular formula is C14H18FeS-6. The van der Waals surface area contributed by atoms with Gasteiger partial charge in [-0.1, -0.05) is 13.3 Å². The third kappa shape index (κ3) is 6.22. The van der Waals surface area contributed by atoms with Gasteiger partial charge in [0, 0.05) is 17.1 Å². The van der Waals surface area contributed by atoms with Gasteiger partial charge in [-0.2, -0.15) is 24.8 Å². The average molecular weight is 274 g/mol. The maximum atomic E-state index is 4.47. The topological polar surface area (TPSA) is 0 Å². The van der Waals surface area contributed by atoms with Gasteiger partial charge in [0.25, 0.3) is 0 Å². The van der Waals surface area contributed by atoms with E-state index < -0.39 is 0 Å². The Bertz CT molecular complexity index is 293.